The molecule has 1 aliphatic rings. The van der Waals surface area contributed by atoms with Gasteiger partial charge in [0.15, 0.2) is 0 Å². The molecule has 0 aromatic heterocycles. The highest BCUT2D eigenvalue weighted by Crippen LogP contribution is 2.29. The lowest BCUT2D eigenvalue weighted by atomic mass is 9.90. The molecule has 0 heterocycles. The number of carboxylic acid groups (broad SMARTS) is 1. The second kappa shape index (κ2) is 7.65. The van der Waals surface area contributed by atoms with Crippen LogP contribution in [0.25, 0.3) is 0 Å². The smallest absolute Gasteiger partial charge is 0.323 e. The quantitative estimate of drug-likeness (QED) is 0.501. The first-order valence-electron chi connectivity index (χ1n) is 7.45. The van der Waals surface area contributed by atoms with Crippen LogP contribution in [0.1, 0.15) is 39.0 Å². The summed E-state index contributed by atoms with van der Waals surface area (Å²) in [6.07, 6.45) is 4.46. The van der Waals surface area contributed by atoms with Crippen molar-refractivity contribution >= 4 is 33.7 Å². The van der Waals surface area contributed by atoms with Gasteiger partial charge in [-0.15, -0.1) is 11.8 Å². The van der Waals surface area contributed by atoms with E-state index in [0.29, 0.717) is 18.9 Å². The lowest BCUT2D eigenvalue weighted by Crippen LogP contribution is -2.52. The Balaban J connectivity index is 1.81. The van der Waals surface area contributed by atoms with Crippen LogP contribution in [-0.4, -0.2) is 28.4 Å². The standard InChI is InChI=1S/C16H22BrNO2S/c1-2-16(15(19)20,18-13-6-7-13)10-3-11-21-14-8-4-12(17)5-9-14/h4-5,8-9,13,18H,2-3,6-7,10-11H2,1H3,(H,19,20). The van der Waals surface area contributed by atoms with Crippen LogP contribution < -0.4 is 5.32 Å². The highest BCUT2D eigenvalue weighted by atomic mass is 79.9. The fourth-order valence-electron chi connectivity index (χ4n) is 2.38. The Bertz CT molecular complexity index is 476. The SMILES string of the molecule is CCC(CCCSc1ccc(Br)cc1)(NC1CC1)C(=O)O. The second-order valence-corrected chi connectivity index (χ2v) is 7.65. The van der Waals surface area contributed by atoms with E-state index in [2.05, 4.69) is 33.4 Å². The summed E-state index contributed by atoms with van der Waals surface area (Å²) in [4.78, 5) is 12.9. The van der Waals surface area contributed by atoms with Gasteiger partial charge >= 0.3 is 5.97 Å². The highest BCUT2D eigenvalue weighted by Gasteiger charge is 2.40. The summed E-state index contributed by atoms with van der Waals surface area (Å²) in [5.41, 5.74) is -0.735. The first-order chi connectivity index (χ1) is 10.1. The first kappa shape index (κ1) is 16.8. The molecule has 0 spiro atoms. The predicted molar refractivity (Wildman–Crippen MR) is 90.9 cm³/mol. The van der Waals surface area contributed by atoms with Crippen molar-refractivity contribution in [3.63, 3.8) is 0 Å². The van der Waals surface area contributed by atoms with E-state index in [1.165, 1.54) is 4.90 Å². The Kier molecular flexibility index (Phi) is 6.14. The summed E-state index contributed by atoms with van der Waals surface area (Å²) in [6.45, 7) is 1.96. The van der Waals surface area contributed by atoms with Gasteiger partial charge in [-0.05, 0) is 62.1 Å². The van der Waals surface area contributed by atoms with Crippen molar-refractivity contribution in [2.24, 2.45) is 0 Å². The molecule has 2 rings (SSSR count). The maximum absolute atomic E-state index is 11.6. The van der Waals surface area contributed by atoms with Gasteiger partial charge in [0.05, 0.1) is 0 Å². The average Bonchev–Trinajstić information content (AvgIpc) is 3.27. The number of hydrogen-bond acceptors (Lipinski definition) is 3. The molecule has 116 valence electrons. The Morgan fingerprint density at radius 3 is 2.62 bits per heavy atom. The normalized spacial score (nSPS) is 17.4. The summed E-state index contributed by atoms with van der Waals surface area (Å²) >= 11 is 5.21. The van der Waals surface area contributed by atoms with E-state index < -0.39 is 11.5 Å². The molecule has 1 unspecified atom stereocenters. The number of hydrogen-bond donors (Lipinski definition) is 2. The van der Waals surface area contributed by atoms with E-state index in [1.807, 2.05) is 19.1 Å². The van der Waals surface area contributed by atoms with Crippen LogP contribution in [0.15, 0.2) is 33.6 Å². The van der Waals surface area contributed by atoms with E-state index in [0.717, 1.165) is 29.5 Å². The van der Waals surface area contributed by atoms with Gasteiger partial charge in [-0.2, -0.15) is 0 Å². The van der Waals surface area contributed by atoms with Gasteiger partial charge in [0.2, 0.25) is 0 Å². The first-order valence-corrected chi connectivity index (χ1v) is 9.23. The molecule has 0 radical (unpaired) electrons. The van der Waals surface area contributed by atoms with Gasteiger partial charge in [0.25, 0.3) is 0 Å². The summed E-state index contributed by atoms with van der Waals surface area (Å²) < 4.78 is 1.08. The molecule has 0 saturated heterocycles. The van der Waals surface area contributed by atoms with Crippen LogP contribution in [-0.2, 0) is 4.79 Å². The summed E-state index contributed by atoms with van der Waals surface area (Å²) in [7, 11) is 0. The topological polar surface area (TPSA) is 49.3 Å². The predicted octanol–water partition coefficient (Wildman–Crippen LogP) is 4.31. The molecular formula is C16H22BrNO2S. The van der Waals surface area contributed by atoms with Crippen molar-refractivity contribution in [1.82, 2.24) is 5.32 Å². The van der Waals surface area contributed by atoms with Crippen molar-refractivity contribution in [2.75, 3.05) is 5.75 Å². The molecule has 1 aromatic rings. The Hall–Kier alpha value is -0.520. The maximum atomic E-state index is 11.6. The fourth-order valence-corrected chi connectivity index (χ4v) is 3.50. The minimum Gasteiger partial charge on any atom is -0.480 e. The van der Waals surface area contributed by atoms with E-state index in [4.69, 9.17) is 0 Å². The zero-order valence-corrected chi connectivity index (χ0v) is 14.7. The van der Waals surface area contributed by atoms with Gasteiger partial charge in [-0.3, -0.25) is 10.1 Å². The second-order valence-electron chi connectivity index (χ2n) is 5.57. The third-order valence-corrected chi connectivity index (χ3v) is 5.53. The number of benzene rings is 1. The van der Waals surface area contributed by atoms with Crippen molar-refractivity contribution in [1.29, 1.82) is 0 Å². The van der Waals surface area contributed by atoms with Crippen molar-refractivity contribution in [2.45, 2.75) is 55.5 Å². The van der Waals surface area contributed by atoms with Crippen LogP contribution >= 0.6 is 27.7 Å². The highest BCUT2D eigenvalue weighted by molar-refractivity contribution is 9.10. The summed E-state index contributed by atoms with van der Waals surface area (Å²) in [5, 5.41) is 12.9. The Morgan fingerprint density at radius 2 is 2.10 bits per heavy atom. The van der Waals surface area contributed by atoms with Gasteiger partial charge in [0.1, 0.15) is 5.54 Å². The molecule has 1 aromatic carbocycles. The average molecular weight is 372 g/mol. The monoisotopic (exact) mass is 371 g/mol. The number of halogens is 1. The Labute approximate surface area is 139 Å². The summed E-state index contributed by atoms with van der Waals surface area (Å²) in [5.74, 6) is 0.244. The van der Waals surface area contributed by atoms with Crippen molar-refractivity contribution < 1.29 is 9.90 Å². The van der Waals surface area contributed by atoms with Gasteiger partial charge in [-0.1, -0.05) is 22.9 Å². The largest absolute Gasteiger partial charge is 0.480 e. The molecule has 1 saturated carbocycles. The molecule has 0 amide bonds. The fraction of sp³-hybridized carbons (Fsp3) is 0.562. The van der Waals surface area contributed by atoms with Crippen LogP contribution in [0.4, 0.5) is 0 Å². The lowest BCUT2D eigenvalue weighted by Gasteiger charge is -2.29. The zero-order valence-electron chi connectivity index (χ0n) is 12.3. The van der Waals surface area contributed by atoms with E-state index in [-0.39, 0.29) is 0 Å². The molecule has 1 aliphatic carbocycles. The number of aliphatic carboxylic acids is 1. The third-order valence-electron chi connectivity index (χ3n) is 3.90. The van der Waals surface area contributed by atoms with Crippen LogP contribution in [0.2, 0.25) is 0 Å². The molecule has 0 aliphatic heterocycles. The van der Waals surface area contributed by atoms with E-state index >= 15 is 0 Å². The zero-order chi connectivity index (χ0) is 15.3. The van der Waals surface area contributed by atoms with Gasteiger partial charge < -0.3 is 5.11 Å². The van der Waals surface area contributed by atoms with Gasteiger partial charge in [0, 0.05) is 15.4 Å². The maximum Gasteiger partial charge on any atom is 0.323 e. The molecule has 21 heavy (non-hydrogen) atoms. The molecule has 5 heteroatoms. The van der Waals surface area contributed by atoms with Crippen LogP contribution in [0, 0.1) is 0 Å². The third kappa shape index (κ3) is 5.01. The van der Waals surface area contributed by atoms with E-state index in [1.54, 1.807) is 11.8 Å². The Morgan fingerprint density at radius 1 is 1.43 bits per heavy atom. The van der Waals surface area contributed by atoms with Crippen molar-refractivity contribution in [3.05, 3.63) is 28.7 Å². The van der Waals surface area contributed by atoms with Crippen molar-refractivity contribution in [3.8, 4) is 0 Å². The summed E-state index contributed by atoms with van der Waals surface area (Å²) in [6, 6.07) is 8.65. The number of carbonyl (C=O) groups is 1. The van der Waals surface area contributed by atoms with Crippen LogP contribution in [0.5, 0.6) is 0 Å². The minimum absolute atomic E-state index is 0.417. The molecule has 1 atom stereocenters. The minimum atomic E-state index is -0.735. The molecule has 0 bridgehead atoms. The number of rotatable bonds is 9. The molecule has 2 N–H and O–H groups in total. The van der Waals surface area contributed by atoms with Crippen LogP contribution in [0.3, 0.4) is 0 Å². The molecular weight excluding hydrogens is 350 g/mol. The number of thioether (sulfide) groups is 1. The molecule has 3 nitrogen and oxygen atoms in total. The molecule has 1 fully saturated rings. The van der Waals surface area contributed by atoms with Gasteiger partial charge in [-0.25, -0.2) is 0 Å². The lowest BCUT2D eigenvalue weighted by molar-refractivity contribution is -0.145. The number of nitrogens with one attached hydrogen (secondary N) is 1. The number of carboxylic acids is 1. The van der Waals surface area contributed by atoms with E-state index in [9.17, 15) is 9.90 Å².